The van der Waals surface area contributed by atoms with Gasteiger partial charge in [-0.25, -0.2) is 18.4 Å². The molecule has 1 N–H and O–H groups in total. The topological polar surface area (TPSA) is 89.0 Å². The minimum atomic E-state index is -4.59. The Kier molecular flexibility index (Phi) is 6.33. The van der Waals surface area contributed by atoms with E-state index >= 15 is 0 Å². The first-order valence-electron chi connectivity index (χ1n) is 8.75. The maximum absolute atomic E-state index is 12.9. The average molecular weight is 470 g/mol. The molecular weight excluding hydrogens is 455 g/mol. The molecule has 6 nitrogen and oxygen atoms in total. The van der Waals surface area contributed by atoms with E-state index in [0.29, 0.717) is 5.56 Å². The van der Waals surface area contributed by atoms with E-state index in [1.165, 1.54) is 6.07 Å². The summed E-state index contributed by atoms with van der Waals surface area (Å²) < 4.78 is 64.0. The highest BCUT2D eigenvalue weighted by Gasteiger charge is 2.30. The Labute approximate surface area is 181 Å². The number of rotatable bonds is 5. The fraction of sp³-hybridized carbons (Fsp3) is 0.150. The number of hydrogen-bond donors (Lipinski definition) is 1. The molecule has 0 saturated heterocycles. The van der Waals surface area contributed by atoms with E-state index in [1.807, 2.05) is 13.0 Å². The van der Waals surface area contributed by atoms with E-state index in [4.69, 9.17) is 11.6 Å². The van der Waals surface area contributed by atoms with E-state index in [0.717, 1.165) is 30.0 Å². The molecule has 162 valence electrons. The monoisotopic (exact) mass is 469 g/mol. The summed E-state index contributed by atoms with van der Waals surface area (Å²) in [5.41, 5.74) is -0.213. The highest BCUT2D eigenvalue weighted by atomic mass is 35.5. The van der Waals surface area contributed by atoms with Crippen molar-refractivity contribution in [3.8, 4) is 0 Å². The Hall–Kier alpha value is -2.98. The molecule has 31 heavy (non-hydrogen) atoms. The number of aromatic nitrogens is 2. The predicted molar refractivity (Wildman–Crippen MR) is 109 cm³/mol. The molecule has 0 radical (unpaired) electrons. The number of carbonyl (C=O) groups is 1. The lowest BCUT2D eigenvalue weighted by molar-refractivity contribution is -0.137. The lowest BCUT2D eigenvalue weighted by Crippen LogP contribution is -2.18. The zero-order chi connectivity index (χ0) is 22.8. The van der Waals surface area contributed by atoms with Gasteiger partial charge in [-0.15, -0.1) is 0 Å². The van der Waals surface area contributed by atoms with Crippen molar-refractivity contribution in [3.63, 3.8) is 0 Å². The van der Waals surface area contributed by atoms with Crippen molar-refractivity contribution in [2.45, 2.75) is 24.0 Å². The number of nitrogens with zero attached hydrogens (tertiary/aromatic N) is 2. The first-order valence-corrected chi connectivity index (χ1v) is 10.8. The number of halogens is 4. The first kappa shape index (κ1) is 22.7. The van der Waals surface area contributed by atoms with Crippen molar-refractivity contribution in [1.29, 1.82) is 0 Å². The summed E-state index contributed by atoms with van der Waals surface area (Å²) in [6.07, 6.45) is -3.64. The van der Waals surface area contributed by atoms with E-state index in [1.54, 1.807) is 18.2 Å². The molecule has 0 aliphatic rings. The van der Waals surface area contributed by atoms with Gasteiger partial charge in [0.25, 0.3) is 5.91 Å². The fourth-order valence-corrected chi connectivity index (χ4v) is 4.08. The molecule has 1 heterocycles. The predicted octanol–water partition coefficient (Wildman–Crippen LogP) is 4.68. The number of sulfone groups is 1. The van der Waals surface area contributed by atoms with Crippen molar-refractivity contribution < 1.29 is 26.4 Å². The summed E-state index contributed by atoms with van der Waals surface area (Å²) in [5.74, 6) is -1.37. The quantitative estimate of drug-likeness (QED) is 0.548. The number of benzene rings is 2. The number of nitrogens with one attached hydrogen (secondary N) is 1. The molecular formula is C20H15ClF3N3O3S. The van der Waals surface area contributed by atoms with Crippen molar-refractivity contribution in [1.82, 2.24) is 9.97 Å². The van der Waals surface area contributed by atoms with Crippen LogP contribution in [0.2, 0.25) is 5.02 Å². The zero-order valence-electron chi connectivity index (χ0n) is 15.9. The van der Waals surface area contributed by atoms with Crippen LogP contribution >= 0.6 is 11.6 Å². The van der Waals surface area contributed by atoms with Gasteiger partial charge in [-0.3, -0.25) is 4.79 Å². The van der Waals surface area contributed by atoms with E-state index in [9.17, 15) is 26.4 Å². The second-order valence-corrected chi connectivity index (χ2v) is 8.92. The molecule has 3 aromatic rings. The highest BCUT2D eigenvalue weighted by molar-refractivity contribution is 7.90. The van der Waals surface area contributed by atoms with Crippen LogP contribution in [0.15, 0.2) is 59.9 Å². The molecule has 0 fully saturated rings. The van der Waals surface area contributed by atoms with Gasteiger partial charge < -0.3 is 5.32 Å². The molecule has 0 atom stereocenters. The van der Waals surface area contributed by atoms with Crippen LogP contribution in [0.1, 0.15) is 27.2 Å². The third-order valence-corrected chi connectivity index (χ3v) is 5.85. The van der Waals surface area contributed by atoms with Crippen LogP contribution in [0, 0.1) is 6.92 Å². The Bertz CT molecular complexity index is 1250. The first-order chi connectivity index (χ1) is 14.5. The fourth-order valence-electron chi connectivity index (χ4n) is 2.71. The zero-order valence-corrected chi connectivity index (χ0v) is 17.5. The molecule has 1 amide bonds. The Morgan fingerprint density at radius 1 is 1.13 bits per heavy atom. The van der Waals surface area contributed by atoms with E-state index in [2.05, 4.69) is 15.3 Å². The van der Waals surface area contributed by atoms with Crippen LogP contribution in [0.25, 0.3) is 0 Å². The summed E-state index contributed by atoms with van der Waals surface area (Å²) in [6, 6.07) is 10.8. The number of alkyl halides is 3. The molecule has 0 saturated carbocycles. The van der Waals surface area contributed by atoms with Gasteiger partial charge in [0.1, 0.15) is 0 Å². The van der Waals surface area contributed by atoms with Crippen molar-refractivity contribution >= 4 is 33.0 Å². The van der Waals surface area contributed by atoms with Crippen LogP contribution in [0.5, 0.6) is 0 Å². The molecule has 11 heteroatoms. The average Bonchev–Trinajstić information content (AvgIpc) is 2.67. The lowest BCUT2D eigenvalue weighted by Gasteiger charge is -2.11. The second-order valence-electron chi connectivity index (χ2n) is 6.63. The minimum absolute atomic E-state index is 0.154. The molecule has 0 spiro atoms. The Balaban J connectivity index is 1.88. The maximum atomic E-state index is 12.9. The van der Waals surface area contributed by atoms with Gasteiger partial charge in [0.15, 0.2) is 5.69 Å². The van der Waals surface area contributed by atoms with Crippen LogP contribution < -0.4 is 5.32 Å². The molecule has 0 unspecified atom stereocenters. The van der Waals surface area contributed by atoms with Crippen LogP contribution in [0.4, 0.5) is 18.9 Å². The van der Waals surface area contributed by atoms with Gasteiger partial charge in [-0.05, 0) is 30.7 Å². The van der Waals surface area contributed by atoms with E-state index in [-0.39, 0.29) is 10.7 Å². The van der Waals surface area contributed by atoms with Crippen LogP contribution in [-0.2, 0) is 21.8 Å². The van der Waals surface area contributed by atoms with Crippen LogP contribution in [0.3, 0.4) is 0 Å². The summed E-state index contributed by atoms with van der Waals surface area (Å²) in [4.78, 5) is 20.0. The summed E-state index contributed by atoms with van der Waals surface area (Å²) >= 11 is 5.93. The minimum Gasteiger partial charge on any atom is -0.321 e. The molecule has 2 aromatic carbocycles. The lowest BCUT2D eigenvalue weighted by atomic mass is 10.2. The third kappa shape index (κ3) is 5.59. The number of anilines is 1. The Morgan fingerprint density at radius 3 is 2.52 bits per heavy atom. The molecule has 0 aliphatic heterocycles. The van der Waals surface area contributed by atoms with Crippen molar-refractivity contribution in [2.75, 3.05) is 5.32 Å². The van der Waals surface area contributed by atoms with Gasteiger partial charge in [0.05, 0.1) is 22.5 Å². The van der Waals surface area contributed by atoms with Gasteiger partial charge in [-0.1, -0.05) is 47.5 Å². The number of amides is 1. The van der Waals surface area contributed by atoms with Crippen molar-refractivity contribution in [2.24, 2.45) is 0 Å². The van der Waals surface area contributed by atoms with E-state index < -0.39 is 44.1 Å². The summed E-state index contributed by atoms with van der Waals surface area (Å²) in [7, 11) is -4.01. The number of hydrogen-bond acceptors (Lipinski definition) is 5. The third-order valence-electron chi connectivity index (χ3n) is 4.10. The second kappa shape index (κ2) is 8.64. The molecule has 0 aliphatic carbocycles. The largest absolute Gasteiger partial charge is 0.416 e. The normalized spacial score (nSPS) is 11.9. The van der Waals surface area contributed by atoms with Gasteiger partial charge in [0.2, 0.25) is 15.0 Å². The van der Waals surface area contributed by atoms with Crippen LogP contribution in [-0.4, -0.2) is 24.3 Å². The highest BCUT2D eigenvalue weighted by Crippen LogP contribution is 2.31. The molecule has 3 rings (SSSR count). The van der Waals surface area contributed by atoms with Gasteiger partial charge in [-0.2, -0.15) is 13.2 Å². The molecule has 1 aromatic heterocycles. The van der Waals surface area contributed by atoms with Gasteiger partial charge >= 0.3 is 6.18 Å². The van der Waals surface area contributed by atoms with Crippen molar-refractivity contribution in [3.05, 3.63) is 82.1 Å². The standard InChI is InChI=1S/C20H15ClF3N3O3S/c1-12-4-2-5-13(8-12)11-31(29,30)19-25-10-16(21)17(27-19)18(28)26-15-7-3-6-14(9-15)20(22,23)24/h2-10H,11H2,1H3,(H,26,28). The Morgan fingerprint density at radius 2 is 1.84 bits per heavy atom. The number of aryl methyl sites for hydroxylation is 1. The van der Waals surface area contributed by atoms with Gasteiger partial charge in [0, 0.05) is 5.69 Å². The smallest absolute Gasteiger partial charge is 0.321 e. The SMILES string of the molecule is Cc1cccc(CS(=O)(=O)c2ncc(Cl)c(C(=O)Nc3cccc(C(F)(F)F)c3)n2)c1. The summed E-state index contributed by atoms with van der Waals surface area (Å²) in [6.45, 7) is 1.81. The summed E-state index contributed by atoms with van der Waals surface area (Å²) in [5, 5.41) is 1.37. The maximum Gasteiger partial charge on any atom is 0.416 e. The molecule has 0 bridgehead atoms. The number of carbonyl (C=O) groups excluding carboxylic acids is 1.